The van der Waals surface area contributed by atoms with Gasteiger partial charge in [0.05, 0.1) is 24.2 Å². The normalized spacial score (nSPS) is 16.6. The first-order valence-corrected chi connectivity index (χ1v) is 9.57. The largest absolute Gasteiger partial charge is 0.460 e. The molecule has 1 unspecified atom stereocenters. The fraction of sp³-hybridized carbons (Fsp3) is 0.810. The second-order valence-electron chi connectivity index (χ2n) is 9.25. The second-order valence-corrected chi connectivity index (χ2v) is 9.25. The van der Waals surface area contributed by atoms with E-state index in [9.17, 15) is 9.59 Å². The van der Waals surface area contributed by atoms with Crippen LogP contribution in [-0.4, -0.2) is 72.7 Å². The molecule has 1 aliphatic heterocycles. The van der Waals surface area contributed by atoms with Crippen molar-refractivity contribution in [3.05, 3.63) is 0 Å². The SMILES string of the molecule is CC(C)C(COC1CN(C(=O)C#CC(C)(C)N(C)C)C1)C(=O)OC(C)(C)C. The highest BCUT2D eigenvalue weighted by Gasteiger charge is 2.34. The monoisotopic (exact) mass is 380 g/mol. The molecule has 0 saturated carbocycles. The number of carbonyl (C=O) groups is 2. The zero-order chi connectivity index (χ0) is 21.0. The predicted octanol–water partition coefficient (Wildman–Crippen LogP) is 2.17. The van der Waals surface area contributed by atoms with E-state index in [0.29, 0.717) is 19.7 Å². The third-order valence-corrected chi connectivity index (χ3v) is 4.75. The van der Waals surface area contributed by atoms with Gasteiger partial charge in [-0.15, -0.1) is 0 Å². The van der Waals surface area contributed by atoms with E-state index < -0.39 is 5.60 Å². The minimum Gasteiger partial charge on any atom is -0.460 e. The van der Waals surface area contributed by atoms with Gasteiger partial charge in [-0.2, -0.15) is 0 Å². The summed E-state index contributed by atoms with van der Waals surface area (Å²) in [4.78, 5) is 28.1. The lowest BCUT2D eigenvalue weighted by Crippen LogP contribution is -2.55. The third-order valence-electron chi connectivity index (χ3n) is 4.75. The summed E-state index contributed by atoms with van der Waals surface area (Å²) in [6.45, 7) is 14.8. The highest BCUT2D eigenvalue weighted by Crippen LogP contribution is 2.20. The maximum absolute atomic E-state index is 12.3. The average Bonchev–Trinajstić information content (AvgIpc) is 2.44. The van der Waals surface area contributed by atoms with Crippen molar-refractivity contribution in [3.63, 3.8) is 0 Å². The van der Waals surface area contributed by atoms with Gasteiger partial charge >= 0.3 is 5.97 Å². The highest BCUT2D eigenvalue weighted by molar-refractivity contribution is 5.94. The molecular formula is C21H36N2O4. The maximum atomic E-state index is 12.3. The van der Waals surface area contributed by atoms with Crippen LogP contribution in [0.5, 0.6) is 0 Å². The maximum Gasteiger partial charge on any atom is 0.312 e. The van der Waals surface area contributed by atoms with E-state index in [2.05, 4.69) is 11.8 Å². The van der Waals surface area contributed by atoms with E-state index in [0.717, 1.165) is 0 Å². The number of amides is 1. The molecule has 6 heteroatoms. The molecule has 1 aliphatic rings. The Morgan fingerprint density at radius 3 is 2.15 bits per heavy atom. The van der Waals surface area contributed by atoms with Gasteiger partial charge in [0.2, 0.25) is 0 Å². The van der Waals surface area contributed by atoms with Crippen LogP contribution in [0.4, 0.5) is 0 Å². The smallest absolute Gasteiger partial charge is 0.312 e. The lowest BCUT2D eigenvalue weighted by atomic mass is 9.96. The number of carbonyl (C=O) groups excluding carboxylic acids is 2. The van der Waals surface area contributed by atoms with Crippen molar-refractivity contribution >= 4 is 11.9 Å². The van der Waals surface area contributed by atoms with Gasteiger partial charge in [0.1, 0.15) is 5.60 Å². The first-order valence-electron chi connectivity index (χ1n) is 9.57. The average molecular weight is 381 g/mol. The Labute approximate surface area is 164 Å². The number of nitrogens with zero attached hydrogens (tertiary/aromatic N) is 2. The Bertz CT molecular complexity index is 588. The van der Waals surface area contributed by atoms with E-state index in [1.54, 1.807) is 4.90 Å². The Balaban J connectivity index is 2.48. The van der Waals surface area contributed by atoms with Crippen LogP contribution in [0.15, 0.2) is 0 Å². The van der Waals surface area contributed by atoms with Gasteiger partial charge in [0, 0.05) is 13.1 Å². The zero-order valence-corrected chi connectivity index (χ0v) is 18.4. The summed E-state index contributed by atoms with van der Waals surface area (Å²) < 4.78 is 11.3. The molecule has 6 nitrogen and oxygen atoms in total. The lowest BCUT2D eigenvalue weighted by molar-refractivity contribution is -0.167. The zero-order valence-electron chi connectivity index (χ0n) is 18.4. The molecule has 0 aliphatic carbocycles. The molecule has 1 saturated heterocycles. The summed E-state index contributed by atoms with van der Waals surface area (Å²) in [5.74, 6) is 5.12. The molecule has 1 atom stereocenters. The topological polar surface area (TPSA) is 59.1 Å². The molecule has 0 aromatic rings. The van der Waals surface area contributed by atoms with Crippen molar-refractivity contribution in [2.45, 2.75) is 65.7 Å². The molecule has 1 fully saturated rings. The van der Waals surface area contributed by atoms with Crippen LogP contribution in [0.3, 0.4) is 0 Å². The minimum absolute atomic E-state index is 0.0544. The van der Waals surface area contributed by atoms with Gasteiger partial charge in [0.25, 0.3) is 5.91 Å². The predicted molar refractivity (Wildman–Crippen MR) is 106 cm³/mol. The second kappa shape index (κ2) is 9.07. The van der Waals surface area contributed by atoms with Crippen molar-refractivity contribution in [1.82, 2.24) is 9.80 Å². The number of hydrogen-bond acceptors (Lipinski definition) is 5. The molecule has 0 radical (unpaired) electrons. The number of likely N-dealkylation sites (tertiary alicyclic amines) is 1. The molecule has 0 aromatic carbocycles. The number of hydrogen-bond donors (Lipinski definition) is 0. The van der Waals surface area contributed by atoms with E-state index in [1.165, 1.54) is 0 Å². The molecule has 0 aromatic heterocycles. The van der Waals surface area contributed by atoms with Crippen molar-refractivity contribution in [3.8, 4) is 11.8 Å². The van der Waals surface area contributed by atoms with Crippen LogP contribution >= 0.6 is 0 Å². The summed E-state index contributed by atoms with van der Waals surface area (Å²) in [6, 6.07) is 0. The van der Waals surface area contributed by atoms with Gasteiger partial charge in [-0.3, -0.25) is 14.5 Å². The fourth-order valence-corrected chi connectivity index (χ4v) is 2.26. The molecule has 1 rings (SSSR count). The summed E-state index contributed by atoms with van der Waals surface area (Å²) >= 11 is 0. The molecule has 154 valence electrons. The third kappa shape index (κ3) is 7.51. The summed E-state index contributed by atoms with van der Waals surface area (Å²) in [5, 5.41) is 0. The molecule has 1 amide bonds. The number of rotatable bonds is 6. The molecule has 27 heavy (non-hydrogen) atoms. The Morgan fingerprint density at radius 2 is 1.70 bits per heavy atom. The van der Waals surface area contributed by atoms with Crippen LogP contribution in [0, 0.1) is 23.7 Å². The Kier molecular flexibility index (Phi) is 7.88. The Hall–Kier alpha value is -1.58. The number of ether oxygens (including phenoxy) is 2. The van der Waals surface area contributed by atoms with E-state index in [4.69, 9.17) is 9.47 Å². The van der Waals surface area contributed by atoms with Crippen molar-refractivity contribution < 1.29 is 19.1 Å². The van der Waals surface area contributed by atoms with Crippen molar-refractivity contribution in [2.75, 3.05) is 33.8 Å². The van der Waals surface area contributed by atoms with Crippen LogP contribution in [0.1, 0.15) is 48.5 Å². The highest BCUT2D eigenvalue weighted by atomic mass is 16.6. The van der Waals surface area contributed by atoms with Crippen molar-refractivity contribution in [2.24, 2.45) is 11.8 Å². The van der Waals surface area contributed by atoms with Crippen LogP contribution in [0.2, 0.25) is 0 Å². The fourth-order valence-electron chi connectivity index (χ4n) is 2.26. The lowest BCUT2D eigenvalue weighted by Gasteiger charge is -2.38. The molecule has 0 N–H and O–H groups in total. The summed E-state index contributed by atoms with van der Waals surface area (Å²) in [6.07, 6.45) is -0.0544. The number of esters is 1. The van der Waals surface area contributed by atoms with E-state index in [1.807, 2.05) is 67.5 Å². The first kappa shape index (κ1) is 23.5. The van der Waals surface area contributed by atoms with Gasteiger partial charge in [-0.05, 0) is 60.6 Å². The van der Waals surface area contributed by atoms with Crippen LogP contribution < -0.4 is 0 Å². The summed E-state index contributed by atoms with van der Waals surface area (Å²) in [7, 11) is 3.87. The van der Waals surface area contributed by atoms with Gasteiger partial charge in [0.15, 0.2) is 0 Å². The van der Waals surface area contributed by atoms with Gasteiger partial charge in [-0.25, -0.2) is 0 Å². The van der Waals surface area contributed by atoms with E-state index in [-0.39, 0.29) is 35.4 Å². The molecular weight excluding hydrogens is 344 g/mol. The standard InChI is InChI=1S/C21H36N2O4/c1-15(2)17(19(25)27-20(3,4)5)14-26-16-12-23(13-16)18(24)10-11-21(6,7)22(8)9/h15-17H,12-14H2,1-9H3. The van der Waals surface area contributed by atoms with Crippen LogP contribution in [-0.2, 0) is 19.1 Å². The molecule has 0 spiro atoms. The van der Waals surface area contributed by atoms with E-state index >= 15 is 0 Å². The van der Waals surface area contributed by atoms with Gasteiger partial charge in [-0.1, -0.05) is 19.8 Å². The first-order chi connectivity index (χ1) is 12.2. The Morgan fingerprint density at radius 1 is 1.15 bits per heavy atom. The summed E-state index contributed by atoms with van der Waals surface area (Å²) in [5.41, 5.74) is -0.864. The minimum atomic E-state index is -0.511. The van der Waals surface area contributed by atoms with Gasteiger partial charge < -0.3 is 14.4 Å². The molecule has 1 heterocycles. The van der Waals surface area contributed by atoms with Crippen molar-refractivity contribution in [1.29, 1.82) is 0 Å². The molecule has 0 bridgehead atoms. The van der Waals surface area contributed by atoms with Crippen LogP contribution in [0.25, 0.3) is 0 Å². The quantitative estimate of drug-likeness (QED) is 0.522.